The summed E-state index contributed by atoms with van der Waals surface area (Å²) in [5.41, 5.74) is 2.71. The monoisotopic (exact) mass is 221 g/mol. The van der Waals surface area contributed by atoms with Gasteiger partial charge in [-0.15, -0.1) is 12.4 Å². The zero-order valence-corrected chi connectivity index (χ0v) is 8.45. The largest absolute Gasteiger partial charge is 0.346 e. The molecule has 3 rings (SSSR count). The van der Waals surface area contributed by atoms with E-state index in [9.17, 15) is 0 Å². The molecule has 0 fully saturated rings. The molecule has 0 radical (unpaired) electrons. The summed E-state index contributed by atoms with van der Waals surface area (Å²) in [5, 5.41) is 7.67. The first kappa shape index (κ1) is 9.67. The van der Waals surface area contributed by atoms with Gasteiger partial charge in [0.05, 0.1) is 11.9 Å². The second kappa shape index (κ2) is 3.70. The van der Waals surface area contributed by atoms with E-state index in [-0.39, 0.29) is 12.4 Å². The number of rotatable bonds is 1. The molecule has 0 aliphatic carbocycles. The van der Waals surface area contributed by atoms with Crippen LogP contribution in [0.4, 0.5) is 0 Å². The first-order valence-electron chi connectivity index (χ1n) is 4.22. The van der Waals surface area contributed by atoms with E-state index in [0.29, 0.717) is 0 Å². The average molecular weight is 222 g/mol. The standard InChI is InChI=1S/C9H7N5.ClH/c1-2-10-9-7(1)8(11-5-12-9)6-3-13-14-4-6;/h1-5H,(H,13,14)(H,10,11,12);1H. The van der Waals surface area contributed by atoms with Crippen molar-refractivity contribution in [3.63, 3.8) is 0 Å². The van der Waals surface area contributed by atoms with Crippen LogP contribution in [0.25, 0.3) is 22.3 Å². The first-order valence-corrected chi connectivity index (χ1v) is 4.22. The molecular weight excluding hydrogens is 214 g/mol. The number of nitrogens with zero attached hydrogens (tertiary/aromatic N) is 3. The zero-order valence-electron chi connectivity index (χ0n) is 7.64. The zero-order chi connectivity index (χ0) is 9.38. The minimum absolute atomic E-state index is 0. The van der Waals surface area contributed by atoms with E-state index in [0.717, 1.165) is 22.3 Å². The Bertz CT molecular complexity index is 557. The third kappa shape index (κ3) is 1.46. The number of fused-ring (bicyclic) bond motifs is 1. The van der Waals surface area contributed by atoms with E-state index in [1.807, 2.05) is 18.5 Å². The van der Waals surface area contributed by atoms with E-state index in [4.69, 9.17) is 0 Å². The van der Waals surface area contributed by atoms with Gasteiger partial charge in [0.25, 0.3) is 0 Å². The molecule has 0 aromatic carbocycles. The van der Waals surface area contributed by atoms with Gasteiger partial charge in [0.2, 0.25) is 0 Å². The molecule has 0 aliphatic rings. The summed E-state index contributed by atoms with van der Waals surface area (Å²) in [5.74, 6) is 0. The second-order valence-corrected chi connectivity index (χ2v) is 2.95. The average Bonchev–Trinajstić information content (AvgIpc) is 2.88. The number of halogens is 1. The lowest BCUT2D eigenvalue weighted by Gasteiger charge is -1.96. The molecule has 0 amide bonds. The Kier molecular flexibility index (Phi) is 2.39. The van der Waals surface area contributed by atoms with Gasteiger partial charge in [-0.25, -0.2) is 9.97 Å². The van der Waals surface area contributed by atoms with Gasteiger partial charge < -0.3 is 4.98 Å². The number of nitrogens with one attached hydrogen (secondary N) is 2. The Morgan fingerprint density at radius 3 is 2.93 bits per heavy atom. The molecule has 3 aromatic rings. The highest BCUT2D eigenvalue weighted by atomic mass is 35.5. The molecule has 0 bridgehead atoms. The minimum Gasteiger partial charge on any atom is -0.346 e. The van der Waals surface area contributed by atoms with Gasteiger partial charge in [0.1, 0.15) is 12.0 Å². The minimum atomic E-state index is 0. The maximum Gasteiger partial charge on any atom is 0.141 e. The topological polar surface area (TPSA) is 70.2 Å². The number of aromatic nitrogens is 5. The fraction of sp³-hybridized carbons (Fsp3) is 0. The summed E-state index contributed by atoms with van der Waals surface area (Å²) in [4.78, 5) is 11.4. The van der Waals surface area contributed by atoms with Crippen molar-refractivity contribution in [2.75, 3.05) is 0 Å². The van der Waals surface area contributed by atoms with Crippen molar-refractivity contribution >= 4 is 23.4 Å². The second-order valence-electron chi connectivity index (χ2n) is 2.95. The molecule has 6 heteroatoms. The van der Waals surface area contributed by atoms with Gasteiger partial charge in [-0.05, 0) is 6.07 Å². The molecule has 3 heterocycles. The molecule has 3 aromatic heterocycles. The summed E-state index contributed by atoms with van der Waals surface area (Å²) >= 11 is 0. The van der Waals surface area contributed by atoms with Crippen LogP contribution in [0.2, 0.25) is 0 Å². The molecule has 0 saturated heterocycles. The Hall–Kier alpha value is -1.88. The van der Waals surface area contributed by atoms with E-state index in [1.165, 1.54) is 0 Å². The van der Waals surface area contributed by atoms with E-state index in [1.54, 1.807) is 12.5 Å². The Morgan fingerprint density at radius 1 is 1.20 bits per heavy atom. The van der Waals surface area contributed by atoms with Crippen molar-refractivity contribution in [2.45, 2.75) is 0 Å². The number of H-pyrrole nitrogens is 2. The third-order valence-corrected chi connectivity index (χ3v) is 2.13. The SMILES string of the molecule is Cl.c1nc(-c2cn[nH]c2)c2cc[nH]c2n1. The van der Waals surface area contributed by atoms with Crippen molar-refractivity contribution in [3.8, 4) is 11.3 Å². The number of aromatic amines is 2. The van der Waals surface area contributed by atoms with Crippen molar-refractivity contribution in [1.29, 1.82) is 0 Å². The summed E-state index contributed by atoms with van der Waals surface area (Å²) in [6.45, 7) is 0. The highest BCUT2D eigenvalue weighted by molar-refractivity contribution is 5.89. The van der Waals surface area contributed by atoms with Gasteiger partial charge in [0.15, 0.2) is 0 Å². The molecule has 0 aliphatic heterocycles. The third-order valence-electron chi connectivity index (χ3n) is 2.13. The van der Waals surface area contributed by atoms with E-state index >= 15 is 0 Å². The van der Waals surface area contributed by atoms with Crippen molar-refractivity contribution in [3.05, 3.63) is 31.0 Å². The van der Waals surface area contributed by atoms with Crippen LogP contribution in [0.5, 0.6) is 0 Å². The molecule has 5 nitrogen and oxygen atoms in total. The van der Waals surface area contributed by atoms with Crippen LogP contribution in [-0.2, 0) is 0 Å². The Balaban J connectivity index is 0.000000853. The molecular formula is C9H8ClN5. The number of hydrogen-bond donors (Lipinski definition) is 2. The fourth-order valence-electron chi connectivity index (χ4n) is 1.48. The highest BCUT2D eigenvalue weighted by Gasteiger charge is 2.06. The normalized spacial score (nSPS) is 10.1. The lowest BCUT2D eigenvalue weighted by Crippen LogP contribution is -1.85. The molecule has 15 heavy (non-hydrogen) atoms. The maximum atomic E-state index is 4.23. The van der Waals surface area contributed by atoms with Crippen LogP contribution in [0.15, 0.2) is 31.0 Å². The lowest BCUT2D eigenvalue weighted by molar-refractivity contribution is 1.09. The van der Waals surface area contributed by atoms with Gasteiger partial charge in [0, 0.05) is 23.3 Å². The van der Waals surface area contributed by atoms with E-state index in [2.05, 4.69) is 25.1 Å². The van der Waals surface area contributed by atoms with Crippen LogP contribution < -0.4 is 0 Å². The Labute approximate surface area is 91.4 Å². The molecule has 0 atom stereocenters. The van der Waals surface area contributed by atoms with Crippen LogP contribution >= 0.6 is 12.4 Å². The van der Waals surface area contributed by atoms with Crippen LogP contribution in [0.3, 0.4) is 0 Å². The van der Waals surface area contributed by atoms with Crippen molar-refractivity contribution in [2.24, 2.45) is 0 Å². The lowest BCUT2D eigenvalue weighted by atomic mass is 10.2. The molecule has 0 saturated carbocycles. The predicted molar refractivity (Wildman–Crippen MR) is 58.7 cm³/mol. The first-order chi connectivity index (χ1) is 6.95. The van der Waals surface area contributed by atoms with Gasteiger partial charge >= 0.3 is 0 Å². The molecule has 0 unspecified atom stereocenters. The van der Waals surface area contributed by atoms with E-state index < -0.39 is 0 Å². The van der Waals surface area contributed by atoms with Crippen LogP contribution in [0.1, 0.15) is 0 Å². The smallest absolute Gasteiger partial charge is 0.141 e. The highest BCUT2D eigenvalue weighted by Crippen LogP contribution is 2.22. The summed E-state index contributed by atoms with van der Waals surface area (Å²) in [7, 11) is 0. The van der Waals surface area contributed by atoms with Crippen LogP contribution in [0, 0.1) is 0 Å². The van der Waals surface area contributed by atoms with Gasteiger partial charge in [-0.2, -0.15) is 5.10 Å². The Morgan fingerprint density at radius 2 is 2.13 bits per heavy atom. The molecule has 2 N–H and O–H groups in total. The van der Waals surface area contributed by atoms with Gasteiger partial charge in [-0.1, -0.05) is 0 Å². The maximum absolute atomic E-state index is 4.23. The summed E-state index contributed by atoms with van der Waals surface area (Å²) in [6, 6.07) is 1.96. The summed E-state index contributed by atoms with van der Waals surface area (Å²) in [6.07, 6.45) is 6.95. The molecule has 76 valence electrons. The summed E-state index contributed by atoms with van der Waals surface area (Å²) < 4.78 is 0. The van der Waals surface area contributed by atoms with Crippen LogP contribution in [-0.4, -0.2) is 25.1 Å². The predicted octanol–water partition coefficient (Wildman–Crippen LogP) is 1.77. The molecule has 0 spiro atoms. The fourth-order valence-corrected chi connectivity index (χ4v) is 1.48. The quantitative estimate of drug-likeness (QED) is 0.658. The van der Waals surface area contributed by atoms with Gasteiger partial charge in [-0.3, -0.25) is 5.10 Å². The van der Waals surface area contributed by atoms with Crippen molar-refractivity contribution in [1.82, 2.24) is 25.1 Å². The number of hydrogen-bond acceptors (Lipinski definition) is 3. The van der Waals surface area contributed by atoms with Crippen molar-refractivity contribution < 1.29 is 0 Å².